The highest BCUT2D eigenvalue weighted by atomic mass is 79.9. The number of carbonyl (C=O) groups is 1. The molecule has 1 aromatic carbocycles. The van der Waals surface area contributed by atoms with Crippen LogP contribution in [-0.4, -0.2) is 30.7 Å². The summed E-state index contributed by atoms with van der Waals surface area (Å²) in [6.07, 6.45) is 0. The van der Waals surface area contributed by atoms with Gasteiger partial charge in [-0.05, 0) is 28.1 Å². The lowest BCUT2D eigenvalue weighted by Gasteiger charge is -2.14. The van der Waals surface area contributed by atoms with E-state index in [0.717, 1.165) is 4.47 Å². The summed E-state index contributed by atoms with van der Waals surface area (Å²) in [7, 11) is 0. The van der Waals surface area contributed by atoms with Crippen molar-refractivity contribution >= 4 is 21.8 Å². The van der Waals surface area contributed by atoms with E-state index in [1.54, 1.807) is 4.90 Å². The van der Waals surface area contributed by atoms with Crippen LogP contribution < -0.4 is 0 Å². The topological polar surface area (TPSA) is 29.5 Å². The van der Waals surface area contributed by atoms with Crippen LogP contribution in [0, 0.1) is 0 Å². The van der Waals surface area contributed by atoms with Gasteiger partial charge in [0.1, 0.15) is 6.73 Å². The van der Waals surface area contributed by atoms with Crippen molar-refractivity contribution in [1.82, 2.24) is 4.90 Å². The molecule has 2 rings (SSSR count). The molecule has 0 unspecified atom stereocenters. The number of hydrogen-bond donors (Lipinski definition) is 0. The molecule has 4 heteroatoms. The van der Waals surface area contributed by atoms with E-state index in [1.165, 1.54) is 0 Å². The summed E-state index contributed by atoms with van der Waals surface area (Å²) in [5, 5.41) is 0. The fourth-order valence-corrected chi connectivity index (χ4v) is 1.83. The molecule has 0 bridgehead atoms. The average Bonchev–Trinajstić information content (AvgIpc) is 2.70. The molecule has 1 aromatic rings. The van der Waals surface area contributed by atoms with Crippen molar-refractivity contribution in [2.45, 2.75) is 0 Å². The largest absolute Gasteiger partial charge is 0.359 e. The van der Waals surface area contributed by atoms with Gasteiger partial charge in [-0.2, -0.15) is 0 Å². The number of benzene rings is 1. The fourth-order valence-electron chi connectivity index (χ4n) is 1.38. The second-order valence-corrected chi connectivity index (χ2v) is 3.94. The molecule has 1 saturated heterocycles. The predicted molar refractivity (Wildman–Crippen MR) is 56.0 cm³/mol. The molecule has 0 saturated carbocycles. The molecular weight excluding hydrogens is 246 g/mol. The summed E-state index contributed by atoms with van der Waals surface area (Å²) < 4.78 is 5.96. The van der Waals surface area contributed by atoms with E-state index < -0.39 is 0 Å². The lowest BCUT2D eigenvalue weighted by atomic mass is 10.2. The molecule has 74 valence electrons. The zero-order valence-electron chi connectivity index (χ0n) is 7.57. The van der Waals surface area contributed by atoms with Gasteiger partial charge in [-0.3, -0.25) is 4.79 Å². The SMILES string of the molecule is O=C(c1ccccc1Br)N1CCOC1. The maximum Gasteiger partial charge on any atom is 0.256 e. The number of carbonyl (C=O) groups excluding carboxylic acids is 1. The Bertz CT molecular complexity index is 348. The maximum absolute atomic E-state index is 11.9. The van der Waals surface area contributed by atoms with Crippen LogP contribution >= 0.6 is 15.9 Å². The molecule has 0 spiro atoms. The number of amides is 1. The van der Waals surface area contributed by atoms with Gasteiger partial charge in [-0.1, -0.05) is 12.1 Å². The van der Waals surface area contributed by atoms with Gasteiger partial charge in [-0.25, -0.2) is 0 Å². The third kappa shape index (κ3) is 1.81. The van der Waals surface area contributed by atoms with Crippen molar-refractivity contribution < 1.29 is 9.53 Å². The van der Waals surface area contributed by atoms with Crippen molar-refractivity contribution in [3.05, 3.63) is 34.3 Å². The molecule has 1 fully saturated rings. The monoisotopic (exact) mass is 255 g/mol. The van der Waals surface area contributed by atoms with E-state index in [4.69, 9.17) is 4.74 Å². The van der Waals surface area contributed by atoms with Gasteiger partial charge in [0.05, 0.1) is 12.2 Å². The standard InChI is InChI=1S/C10H10BrNO2/c11-9-4-2-1-3-8(9)10(13)12-5-6-14-7-12/h1-4H,5-7H2. The molecule has 1 aliphatic heterocycles. The first-order chi connectivity index (χ1) is 6.79. The first-order valence-electron chi connectivity index (χ1n) is 4.40. The third-order valence-electron chi connectivity index (χ3n) is 2.14. The minimum Gasteiger partial charge on any atom is -0.359 e. The second kappa shape index (κ2) is 4.11. The Kier molecular flexibility index (Phi) is 2.84. The molecule has 1 amide bonds. The fraction of sp³-hybridized carbons (Fsp3) is 0.300. The molecule has 0 aromatic heterocycles. The van der Waals surface area contributed by atoms with Gasteiger partial charge < -0.3 is 9.64 Å². The Morgan fingerprint density at radius 3 is 2.86 bits per heavy atom. The first-order valence-corrected chi connectivity index (χ1v) is 5.20. The molecular formula is C10H10BrNO2. The quantitative estimate of drug-likeness (QED) is 0.767. The highest BCUT2D eigenvalue weighted by Crippen LogP contribution is 2.18. The molecule has 0 N–H and O–H groups in total. The van der Waals surface area contributed by atoms with Crippen LogP contribution in [-0.2, 0) is 4.74 Å². The molecule has 0 radical (unpaired) electrons. The Balaban J connectivity index is 2.22. The highest BCUT2D eigenvalue weighted by Gasteiger charge is 2.21. The zero-order chi connectivity index (χ0) is 9.97. The van der Waals surface area contributed by atoms with E-state index in [0.29, 0.717) is 25.4 Å². The number of hydrogen-bond acceptors (Lipinski definition) is 2. The summed E-state index contributed by atoms with van der Waals surface area (Å²) >= 11 is 3.36. The Hall–Kier alpha value is -0.870. The van der Waals surface area contributed by atoms with Gasteiger partial charge >= 0.3 is 0 Å². The second-order valence-electron chi connectivity index (χ2n) is 3.09. The van der Waals surface area contributed by atoms with Crippen molar-refractivity contribution in [1.29, 1.82) is 0 Å². The maximum atomic E-state index is 11.9. The van der Waals surface area contributed by atoms with E-state index in [9.17, 15) is 4.79 Å². The summed E-state index contributed by atoms with van der Waals surface area (Å²) in [4.78, 5) is 13.6. The lowest BCUT2D eigenvalue weighted by Crippen LogP contribution is -2.28. The van der Waals surface area contributed by atoms with Crippen LogP contribution in [0.3, 0.4) is 0 Å². The van der Waals surface area contributed by atoms with Crippen LogP contribution in [0.5, 0.6) is 0 Å². The Labute approximate surface area is 90.8 Å². The van der Waals surface area contributed by atoms with E-state index in [-0.39, 0.29) is 5.91 Å². The number of halogens is 1. The van der Waals surface area contributed by atoms with Crippen molar-refractivity contribution in [2.24, 2.45) is 0 Å². The zero-order valence-corrected chi connectivity index (χ0v) is 9.16. The summed E-state index contributed by atoms with van der Waals surface area (Å²) in [5.41, 5.74) is 0.693. The summed E-state index contributed by atoms with van der Waals surface area (Å²) in [6.45, 7) is 1.72. The smallest absolute Gasteiger partial charge is 0.256 e. The molecule has 0 atom stereocenters. The van der Waals surface area contributed by atoms with Crippen molar-refractivity contribution in [2.75, 3.05) is 19.9 Å². The van der Waals surface area contributed by atoms with E-state index >= 15 is 0 Å². The first kappa shape index (κ1) is 9.68. The highest BCUT2D eigenvalue weighted by molar-refractivity contribution is 9.10. The molecule has 1 heterocycles. The van der Waals surface area contributed by atoms with Crippen LogP contribution in [0.15, 0.2) is 28.7 Å². The van der Waals surface area contributed by atoms with Gasteiger partial charge in [0, 0.05) is 11.0 Å². The van der Waals surface area contributed by atoms with Crippen LogP contribution in [0.1, 0.15) is 10.4 Å². The van der Waals surface area contributed by atoms with Crippen molar-refractivity contribution in [3.8, 4) is 0 Å². The Morgan fingerprint density at radius 2 is 2.21 bits per heavy atom. The summed E-state index contributed by atoms with van der Waals surface area (Å²) in [6, 6.07) is 7.42. The van der Waals surface area contributed by atoms with Crippen LogP contribution in [0.2, 0.25) is 0 Å². The average molecular weight is 256 g/mol. The number of ether oxygens (including phenoxy) is 1. The Morgan fingerprint density at radius 1 is 1.43 bits per heavy atom. The molecule has 14 heavy (non-hydrogen) atoms. The minimum atomic E-state index is 0.0231. The van der Waals surface area contributed by atoms with Gasteiger partial charge in [0.15, 0.2) is 0 Å². The van der Waals surface area contributed by atoms with Crippen molar-refractivity contribution in [3.63, 3.8) is 0 Å². The summed E-state index contributed by atoms with van der Waals surface area (Å²) in [5.74, 6) is 0.0231. The lowest BCUT2D eigenvalue weighted by molar-refractivity contribution is 0.0694. The minimum absolute atomic E-state index is 0.0231. The van der Waals surface area contributed by atoms with E-state index in [2.05, 4.69) is 15.9 Å². The van der Waals surface area contributed by atoms with Crippen LogP contribution in [0.4, 0.5) is 0 Å². The van der Waals surface area contributed by atoms with Crippen LogP contribution in [0.25, 0.3) is 0 Å². The van der Waals surface area contributed by atoms with Gasteiger partial charge in [0.2, 0.25) is 0 Å². The van der Waals surface area contributed by atoms with Gasteiger partial charge in [-0.15, -0.1) is 0 Å². The molecule has 3 nitrogen and oxygen atoms in total. The molecule has 1 aliphatic rings. The molecule has 0 aliphatic carbocycles. The van der Waals surface area contributed by atoms with E-state index in [1.807, 2.05) is 24.3 Å². The van der Waals surface area contributed by atoms with Gasteiger partial charge in [0.25, 0.3) is 5.91 Å². The normalized spacial score (nSPS) is 15.9. The predicted octanol–water partition coefficient (Wildman–Crippen LogP) is 1.88. The number of nitrogens with zero attached hydrogens (tertiary/aromatic N) is 1. The number of rotatable bonds is 1. The third-order valence-corrected chi connectivity index (χ3v) is 2.84.